The largest absolute Gasteiger partial charge is 0.372 e. The molecular weight excluding hydrogens is 362 g/mol. The lowest BCUT2D eigenvalue weighted by molar-refractivity contribution is -0.144. The van der Waals surface area contributed by atoms with Crippen LogP contribution in [0.25, 0.3) is 0 Å². The standard InChI is InChI=1S/C18H27N7O3/c1-12-7-24(8-13(2)28-12)16(26)11-25-10-15(6-21-25)22-18(27)17(19-3)14-5-20-23(4)9-14/h5-6,9-10,12-13,17,19H,7-8,11H2,1-4H3,(H,22,27). The first-order chi connectivity index (χ1) is 13.4. The third-order valence-electron chi connectivity index (χ3n) is 4.58. The van der Waals surface area contributed by atoms with Crippen LogP contribution < -0.4 is 10.6 Å². The van der Waals surface area contributed by atoms with Gasteiger partial charge in [0.15, 0.2) is 0 Å². The molecule has 152 valence electrons. The second-order valence-electron chi connectivity index (χ2n) is 7.14. The molecule has 0 saturated carbocycles. The molecule has 1 fully saturated rings. The number of carbonyl (C=O) groups is 2. The van der Waals surface area contributed by atoms with Crippen LogP contribution in [-0.4, -0.2) is 68.6 Å². The summed E-state index contributed by atoms with van der Waals surface area (Å²) in [7, 11) is 3.51. The van der Waals surface area contributed by atoms with E-state index in [2.05, 4.69) is 20.8 Å². The molecule has 10 heteroatoms. The van der Waals surface area contributed by atoms with Gasteiger partial charge in [0.25, 0.3) is 0 Å². The highest BCUT2D eigenvalue weighted by atomic mass is 16.5. The number of amides is 2. The molecular formula is C18H27N7O3. The first-order valence-corrected chi connectivity index (χ1v) is 9.28. The average Bonchev–Trinajstić information content (AvgIpc) is 3.24. The number of ether oxygens (including phenoxy) is 1. The molecule has 2 aromatic heterocycles. The number of nitrogens with zero attached hydrogens (tertiary/aromatic N) is 5. The summed E-state index contributed by atoms with van der Waals surface area (Å²) in [5, 5.41) is 14.1. The van der Waals surface area contributed by atoms with E-state index in [4.69, 9.17) is 4.74 Å². The number of hydrogen-bond donors (Lipinski definition) is 2. The molecule has 3 heterocycles. The molecule has 2 aromatic rings. The Morgan fingerprint density at radius 2 is 1.93 bits per heavy atom. The summed E-state index contributed by atoms with van der Waals surface area (Å²) in [4.78, 5) is 26.9. The lowest BCUT2D eigenvalue weighted by atomic mass is 10.1. The van der Waals surface area contributed by atoms with Gasteiger partial charge in [-0.2, -0.15) is 10.2 Å². The van der Waals surface area contributed by atoms with E-state index in [1.165, 1.54) is 10.9 Å². The zero-order valence-electron chi connectivity index (χ0n) is 16.6. The molecule has 0 bridgehead atoms. The van der Waals surface area contributed by atoms with Crippen LogP contribution in [0.4, 0.5) is 5.69 Å². The summed E-state index contributed by atoms with van der Waals surface area (Å²) in [6, 6.07) is -0.532. The first-order valence-electron chi connectivity index (χ1n) is 9.28. The number of carbonyl (C=O) groups excluding carboxylic acids is 2. The maximum atomic E-state index is 12.6. The van der Waals surface area contributed by atoms with Crippen LogP contribution in [0.2, 0.25) is 0 Å². The molecule has 1 aliphatic heterocycles. The summed E-state index contributed by atoms with van der Waals surface area (Å²) in [5.41, 5.74) is 1.30. The van der Waals surface area contributed by atoms with Gasteiger partial charge in [-0.3, -0.25) is 19.0 Å². The summed E-state index contributed by atoms with van der Waals surface area (Å²) >= 11 is 0. The average molecular weight is 389 g/mol. The van der Waals surface area contributed by atoms with E-state index in [1.54, 1.807) is 42.3 Å². The van der Waals surface area contributed by atoms with Gasteiger partial charge in [0.05, 0.1) is 30.3 Å². The third kappa shape index (κ3) is 4.76. The van der Waals surface area contributed by atoms with E-state index in [0.717, 1.165) is 5.56 Å². The Hall–Kier alpha value is -2.72. The van der Waals surface area contributed by atoms with E-state index in [9.17, 15) is 9.59 Å². The number of aromatic nitrogens is 4. The second-order valence-corrected chi connectivity index (χ2v) is 7.14. The van der Waals surface area contributed by atoms with Crippen molar-refractivity contribution < 1.29 is 14.3 Å². The number of hydrogen-bond acceptors (Lipinski definition) is 6. The maximum absolute atomic E-state index is 12.6. The van der Waals surface area contributed by atoms with Crippen molar-refractivity contribution >= 4 is 17.5 Å². The summed E-state index contributed by atoms with van der Waals surface area (Å²) in [6.45, 7) is 5.18. The van der Waals surface area contributed by atoms with Crippen molar-refractivity contribution in [2.24, 2.45) is 7.05 Å². The fourth-order valence-corrected chi connectivity index (χ4v) is 3.39. The van der Waals surface area contributed by atoms with Gasteiger partial charge in [-0.25, -0.2) is 0 Å². The SMILES string of the molecule is CNC(C(=O)Nc1cnn(CC(=O)N2CC(C)OC(C)C2)c1)c1cnn(C)c1. The molecule has 1 saturated heterocycles. The normalized spacial score (nSPS) is 20.8. The van der Waals surface area contributed by atoms with Crippen LogP contribution in [0.1, 0.15) is 25.5 Å². The number of nitrogens with one attached hydrogen (secondary N) is 2. The number of anilines is 1. The minimum Gasteiger partial charge on any atom is -0.372 e. The Labute approximate surface area is 163 Å². The zero-order valence-corrected chi connectivity index (χ0v) is 16.6. The zero-order chi connectivity index (χ0) is 20.3. The van der Waals surface area contributed by atoms with Crippen molar-refractivity contribution in [2.75, 3.05) is 25.5 Å². The Morgan fingerprint density at radius 3 is 2.54 bits per heavy atom. The topological polar surface area (TPSA) is 106 Å². The quantitative estimate of drug-likeness (QED) is 0.729. The Kier molecular flexibility index (Phi) is 6.10. The van der Waals surface area contributed by atoms with Crippen molar-refractivity contribution in [1.82, 2.24) is 29.8 Å². The molecule has 3 atom stereocenters. The van der Waals surface area contributed by atoms with Crippen LogP contribution in [0.3, 0.4) is 0 Å². The van der Waals surface area contributed by atoms with Crippen molar-refractivity contribution in [2.45, 2.75) is 38.6 Å². The maximum Gasteiger partial charge on any atom is 0.246 e. The fraction of sp³-hybridized carbons (Fsp3) is 0.556. The van der Waals surface area contributed by atoms with Crippen LogP contribution in [0.5, 0.6) is 0 Å². The van der Waals surface area contributed by atoms with Crippen LogP contribution in [0.15, 0.2) is 24.8 Å². The van der Waals surface area contributed by atoms with Gasteiger partial charge < -0.3 is 20.3 Å². The van der Waals surface area contributed by atoms with Gasteiger partial charge >= 0.3 is 0 Å². The lowest BCUT2D eigenvalue weighted by Crippen LogP contribution is -2.49. The van der Waals surface area contributed by atoms with Crippen LogP contribution in [0, 0.1) is 0 Å². The van der Waals surface area contributed by atoms with Crippen molar-refractivity contribution in [1.29, 1.82) is 0 Å². The summed E-state index contributed by atoms with van der Waals surface area (Å²) in [5.74, 6) is -0.247. The fourth-order valence-electron chi connectivity index (χ4n) is 3.39. The molecule has 0 radical (unpaired) electrons. The molecule has 3 rings (SSSR count). The van der Waals surface area contributed by atoms with E-state index >= 15 is 0 Å². The van der Waals surface area contributed by atoms with E-state index in [-0.39, 0.29) is 30.6 Å². The molecule has 0 spiro atoms. The summed E-state index contributed by atoms with van der Waals surface area (Å²) < 4.78 is 8.83. The summed E-state index contributed by atoms with van der Waals surface area (Å²) in [6.07, 6.45) is 6.66. The molecule has 2 amide bonds. The molecule has 3 unspecified atom stereocenters. The van der Waals surface area contributed by atoms with Gasteiger partial charge in [-0.15, -0.1) is 0 Å². The third-order valence-corrected chi connectivity index (χ3v) is 4.58. The van der Waals surface area contributed by atoms with E-state index in [0.29, 0.717) is 18.8 Å². The van der Waals surface area contributed by atoms with E-state index in [1.807, 2.05) is 13.8 Å². The number of likely N-dealkylation sites (N-methyl/N-ethyl adjacent to an activating group) is 1. The highest BCUT2D eigenvalue weighted by Gasteiger charge is 2.26. The van der Waals surface area contributed by atoms with Crippen molar-refractivity contribution in [3.8, 4) is 0 Å². The van der Waals surface area contributed by atoms with Gasteiger partial charge in [0.2, 0.25) is 11.8 Å². The monoisotopic (exact) mass is 389 g/mol. The number of morpholine rings is 1. The first kappa shape index (κ1) is 20.0. The van der Waals surface area contributed by atoms with Gasteiger partial charge in [0, 0.05) is 38.1 Å². The smallest absolute Gasteiger partial charge is 0.246 e. The van der Waals surface area contributed by atoms with Crippen molar-refractivity contribution in [3.05, 3.63) is 30.4 Å². The molecule has 1 aliphatic rings. The van der Waals surface area contributed by atoms with Gasteiger partial charge in [0.1, 0.15) is 12.6 Å². The minimum absolute atomic E-state index is 0.0196. The molecule has 0 aromatic carbocycles. The van der Waals surface area contributed by atoms with Gasteiger partial charge in [-0.05, 0) is 20.9 Å². The molecule has 0 aliphatic carbocycles. The Balaban J connectivity index is 1.59. The van der Waals surface area contributed by atoms with Crippen molar-refractivity contribution in [3.63, 3.8) is 0 Å². The number of rotatable bonds is 6. The highest BCUT2D eigenvalue weighted by molar-refractivity contribution is 5.95. The lowest BCUT2D eigenvalue weighted by Gasteiger charge is -2.35. The second kappa shape index (κ2) is 8.53. The predicted molar refractivity (Wildman–Crippen MR) is 102 cm³/mol. The highest BCUT2D eigenvalue weighted by Crippen LogP contribution is 2.15. The molecule has 10 nitrogen and oxygen atoms in total. The molecule has 2 N–H and O–H groups in total. The number of aryl methyl sites for hydroxylation is 1. The van der Waals surface area contributed by atoms with Crippen LogP contribution >= 0.6 is 0 Å². The van der Waals surface area contributed by atoms with E-state index < -0.39 is 6.04 Å². The Bertz CT molecular complexity index is 821. The van der Waals surface area contributed by atoms with Gasteiger partial charge in [-0.1, -0.05) is 0 Å². The minimum atomic E-state index is -0.532. The molecule has 28 heavy (non-hydrogen) atoms. The Morgan fingerprint density at radius 1 is 1.21 bits per heavy atom. The van der Waals surface area contributed by atoms with Crippen LogP contribution in [-0.2, 0) is 27.9 Å². The predicted octanol–water partition coefficient (Wildman–Crippen LogP) is 0.152.